The van der Waals surface area contributed by atoms with E-state index >= 15 is 0 Å². The number of benzene rings is 1. The van der Waals surface area contributed by atoms with Crippen LogP contribution in [0.15, 0.2) is 18.2 Å². The topological polar surface area (TPSA) is 35.5 Å². The van der Waals surface area contributed by atoms with Crippen LogP contribution >= 0.6 is 0 Å². The van der Waals surface area contributed by atoms with Gasteiger partial charge in [-0.2, -0.15) is 8.78 Å². The minimum atomic E-state index is -3.10. The van der Waals surface area contributed by atoms with E-state index in [1.54, 1.807) is 0 Å². The highest BCUT2D eigenvalue weighted by Gasteiger charge is 2.43. The van der Waals surface area contributed by atoms with Crippen LogP contribution in [0, 0.1) is 41.3 Å². The lowest BCUT2D eigenvalue weighted by Gasteiger charge is -2.46. The van der Waals surface area contributed by atoms with Crippen LogP contribution in [0.1, 0.15) is 77.6 Å². The van der Waals surface area contributed by atoms with Crippen LogP contribution in [0.4, 0.5) is 13.2 Å². The second-order valence-corrected chi connectivity index (χ2v) is 10.1. The fraction of sp³-hybridized carbons (Fsp3) is 0.731. The molecule has 3 aliphatic rings. The zero-order valence-corrected chi connectivity index (χ0v) is 18.9. The second kappa shape index (κ2) is 10.5. The summed E-state index contributed by atoms with van der Waals surface area (Å²) < 4.78 is 48.2. The Morgan fingerprint density at radius 2 is 1.75 bits per heavy atom. The summed E-state index contributed by atoms with van der Waals surface area (Å²) in [5.74, 6) is 1.51. The number of fused-ring (bicyclic) bond motifs is 1. The first-order chi connectivity index (χ1) is 15.4. The second-order valence-electron chi connectivity index (χ2n) is 10.1. The summed E-state index contributed by atoms with van der Waals surface area (Å²) in [7, 11) is 0. The van der Waals surface area contributed by atoms with Gasteiger partial charge in [-0.05, 0) is 80.2 Å². The molecule has 3 saturated carbocycles. The van der Waals surface area contributed by atoms with E-state index in [0.29, 0.717) is 11.8 Å². The summed E-state index contributed by atoms with van der Waals surface area (Å²) in [5.41, 5.74) is 0. The largest absolute Gasteiger partial charge is 0.432 e. The molecule has 178 valence electrons. The van der Waals surface area contributed by atoms with E-state index in [1.807, 2.05) is 0 Å². The summed E-state index contributed by atoms with van der Waals surface area (Å²) in [5, 5.41) is 0. The molecule has 0 N–H and O–H groups in total. The molecule has 0 heterocycles. The average molecular weight is 453 g/mol. The van der Waals surface area contributed by atoms with Gasteiger partial charge in [0.2, 0.25) is 0 Å². The number of esters is 1. The van der Waals surface area contributed by atoms with Gasteiger partial charge in [0.05, 0.1) is 5.92 Å². The summed E-state index contributed by atoms with van der Waals surface area (Å²) in [6.45, 7) is -0.800. The van der Waals surface area contributed by atoms with Gasteiger partial charge in [-0.25, -0.2) is 4.39 Å². The molecule has 0 aliphatic heterocycles. The van der Waals surface area contributed by atoms with E-state index in [0.717, 1.165) is 49.1 Å². The number of alkyl halides is 2. The van der Waals surface area contributed by atoms with Crippen molar-refractivity contribution in [2.45, 2.75) is 84.2 Å². The lowest BCUT2D eigenvalue weighted by atomic mass is 9.59. The Morgan fingerprint density at radius 1 is 1.00 bits per heavy atom. The summed E-state index contributed by atoms with van der Waals surface area (Å²) >= 11 is 0. The smallest absolute Gasteiger partial charge is 0.387 e. The standard InChI is InChI=1S/C26H35F3O3/c1-2-16-6-8-17(9-7-16)18-10-12-21-19(14-18)4-3-5-22(21)25(30)31-20-11-13-24(23(27)15-20)32-26(28)29/h11,13,15-19,21-22,26H,2-10,12,14H2,1H3. The predicted octanol–water partition coefficient (Wildman–Crippen LogP) is 7.38. The van der Waals surface area contributed by atoms with E-state index in [1.165, 1.54) is 57.4 Å². The maximum atomic E-state index is 14.0. The van der Waals surface area contributed by atoms with E-state index in [4.69, 9.17) is 4.74 Å². The van der Waals surface area contributed by atoms with Gasteiger partial charge in [0.25, 0.3) is 0 Å². The van der Waals surface area contributed by atoms with Gasteiger partial charge in [0.1, 0.15) is 5.75 Å². The Morgan fingerprint density at radius 3 is 2.44 bits per heavy atom. The van der Waals surface area contributed by atoms with Crippen LogP contribution in [0.5, 0.6) is 11.5 Å². The van der Waals surface area contributed by atoms with Gasteiger partial charge in [0, 0.05) is 6.07 Å². The molecule has 0 radical (unpaired) electrons. The van der Waals surface area contributed by atoms with E-state index in [2.05, 4.69) is 11.7 Å². The van der Waals surface area contributed by atoms with Crippen molar-refractivity contribution in [2.75, 3.05) is 0 Å². The van der Waals surface area contributed by atoms with Crippen LogP contribution in [0.25, 0.3) is 0 Å². The van der Waals surface area contributed by atoms with Crippen molar-refractivity contribution >= 4 is 5.97 Å². The summed E-state index contributed by atoms with van der Waals surface area (Å²) in [4.78, 5) is 13.0. The van der Waals surface area contributed by atoms with Crippen LogP contribution in [-0.2, 0) is 4.79 Å². The predicted molar refractivity (Wildman–Crippen MR) is 116 cm³/mol. The first kappa shape index (κ1) is 23.4. The zero-order chi connectivity index (χ0) is 22.7. The summed E-state index contributed by atoms with van der Waals surface area (Å²) in [6, 6.07) is 3.33. The molecular formula is C26H35F3O3. The number of halogens is 3. The molecule has 0 spiro atoms. The molecule has 4 atom stereocenters. The molecule has 32 heavy (non-hydrogen) atoms. The lowest BCUT2D eigenvalue weighted by Crippen LogP contribution is -2.40. The molecule has 3 aliphatic carbocycles. The van der Waals surface area contributed by atoms with E-state index in [-0.39, 0.29) is 17.6 Å². The Kier molecular flexibility index (Phi) is 7.67. The van der Waals surface area contributed by atoms with Crippen molar-refractivity contribution in [3.8, 4) is 11.5 Å². The third-order valence-corrected chi connectivity index (χ3v) is 8.46. The van der Waals surface area contributed by atoms with Crippen molar-refractivity contribution in [3.63, 3.8) is 0 Å². The van der Waals surface area contributed by atoms with Gasteiger partial charge in [0.15, 0.2) is 11.6 Å². The highest BCUT2D eigenvalue weighted by molar-refractivity contribution is 5.75. The van der Waals surface area contributed by atoms with Crippen LogP contribution in [0.2, 0.25) is 0 Å². The first-order valence-corrected chi connectivity index (χ1v) is 12.4. The Hall–Kier alpha value is -1.72. The Bertz CT molecular complexity index is 776. The third-order valence-electron chi connectivity index (χ3n) is 8.46. The molecule has 0 amide bonds. The number of carbonyl (C=O) groups is 1. The molecule has 6 heteroatoms. The van der Waals surface area contributed by atoms with E-state index < -0.39 is 18.2 Å². The molecule has 4 unspecified atom stereocenters. The van der Waals surface area contributed by atoms with Gasteiger partial charge in [-0.1, -0.05) is 39.0 Å². The first-order valence-electron chi connectivity index (χ1n) is 12.4. The minimum Gasteiger partial charge on any atom is -0.432 e. The molecule has 3 nitrogen and oxygen atoms in total. The molecule has 1 aromatic carbocycles. The maximum Gasteiger partial charge on any atom is 0.387 e. The van der Waals surface area contributed by atoms with Crippen molar-refractivity contribution < 1.29 is 27.4 Å². The SMILES string of the molecule is CCC1CCC(C2CCC3C(CCCC3C(=O)Oc3ccc(OC(F)F)c(F)c3)C2)CC1. The lowest BCUT2D eigenvalue weighted by molar-refractivity contribution is -0.144. The molecule has 0 aromatic heterocycles. The molecule has 1 aromatic rings. The number of rotatable bonds is 6. The van der Waals surface area contributed by atoms with Gasteiger partial charge >= 0.3 is 12.6 Å². The highest BCUT2D eigenvalue weighted by Crippen LogP contribution is 2.50. The molecule has 3 fully saturated rings. The number of ether oxygens (including phenoxy) is 2. The fourth-order valence-electron chi connectivity index (χ4n) is 6.72. The molecule has 4 rings (SSSR count). The Labute approximate surface area is 189 Å². The molecule has 0 saturated heterocycles. The normalized spacial score (nSPS) is 32.9. The molecular weight excluding hydrogens is 417 g/mol. The zero-order valence-electron chi connectivity index (χ0n) is 18.9. The van der Waals surface area contributed by atoms with Crippen LogP contribution < -0.4 is 9.47 Å². The number of hydrogen-bond donors (Lipinski definition) is 0. The van der Waals surface area contributed by atoms with Gasteiger partial charge in [-0.15, -0.1) is 0 Å². The number of hydrogen-bond acceptors (Lipinski definition) is 3. The minimum absolute atomic E-state index is 0.0395. The monoisotopic (exact) mass is 452 g/mol. The van der Waals surface area contributed by atoms with Crippen molar-refractivity contribution in [1.29, 1.82) is 0 Å². The maximum absolute atomic E-state index is 14.0. The van der Waals surface area contributed by atoms with Crippen LogP contribution in [0.3, 0.4) is 0 Å². The highest BCUT2D eigenvalue weighted by atomic mass is 19.3. The van der Waals surface area contributed by atoms with Crippen molar-refractivity contribution in [3.05, 3.63) is 24.0 Å². The summed E-state index contributed by atoms with van der Waals surface area (Å²) in [6.07, 6.45) is 13.3. The van der Waals surface area contributed by atoms with Crippen molar-refractivity contribution in [2.24, 2.45) is 35.5 Å². The number of carbonyl (C=O) groups excluding carboxylic acids is 1. The van der Waals surface area contributed by atoms with Gasteiger partial charge < -0.3 is 9.47 Å². The average Bonchev–Trinajstić information content (AvgIpc) is 2.80. The quantitative estimate of drug-likeness (QED) is 0.334. The Balaban J connectivity index is 1.34. The van der Waals surface area contributed by atoms with E-state index in [9.17, 15) is 18.0 Å². The van der Waals surface area contributed by atoms with Crippen LogP contribution in [-0.4, -0.2) is 12.6 Å². The van der Waals surface area contributed by atoms with Gasteiger partial charge in [-0.3, -0.25) is 4.79 Å². The fourth-order valence-corrected chi connectivity index (χ4v) is 6.72. The third kappa shape index (κ3) is 5.43. The van der Waals surface area contributed by atoms with Crippen molar-refractivity contribution in [1.82, 2.24) is 0 Å². The molecule has 0 bridgehead atoms.